The fourth-order valence-electron chi connectivity index (χ4n) is 2.21. The van der Waals surface area contributed by atoms with Crippen LogP contribution in [0.5, 0.6) is 0 Å². The van der Waals surface area contributed by atoms with Gasteiger partial charge in [0.15, 0.2) is 5.82 Å². The van der Waals surface area contributed by atoms with Gasteiger partial charge in [0.25, 0.3) is 11.6 Å². The predicted octanol–water partition coefficient (Wildman–Crippen LogP) is 3.26. The van der Waals surface area contributed by atoms with Gasteiger partial charge >= 0.3 is 6.01 Å². The van der Waals surface area contributed by atoms with Crippen LogP contribution < -0.4 is 5.32 Å². The minimum Gasteiger partial charge on any atom is -0.400 e. The molecule has 0 bridgehead atoms. The summed E-state index contributed by atoms with van der Waals surface area (Å²) in [6.07, 6.45) is 0. The van der Waals surface area contributed by atoms with Crippen LogP contribution >= 0.6 is 0 Å². The number of aromatic amines is 1. The first-order valence-corrected chi connectivity index (χ1v) is 6.99. The molecule has 0 fully saturated rings. The van der Waals surface area contributed by atoms with E-state index in [4.69, 9.17) is 4.42 Å². The van der Waals surface area contributed by atoms with E-state index < -0.39 is 4.92 Å². The van der Waals surface area contributed by atoms with Crippen molar-refractivity contribution < 1.29 is 9.34 Å². The lowest BCUT2D eigenvalue weighted by Gasteiger charge is -1.99. The van der Waals surface area contributed by atoms with Gasteiger partial charge in [0, 0.05) is 17.8 Å². The second-order valence-corrected chi connectivity index (χ2v) is 4.94. The van der Waals surface area contributed by atoms with Gasteiger partial charge in [-0.1, -0.05) is 17.2 Å². The predicted molar refractivity (Wildman–Crippen MR) is 85.8 cm³/mol. The molecule has 0 saturated heterocycles. The van der Waals surface area contributed by atoms with Crippen LogP contribution in [-0.4, -0.2) is 25.1 Å². The number of hydrogen-bond donors (Lipinski definition) is 2. The molecule has 4 rings (SSSR count). The summed E-state index contributed by atoms with van der Waals surface area (Å²) < 4.78 is 5.52. The first-order valence-electron chi connectivity index (χ1n) is 6.99. The highest BCUT2D eigenvalue weighted by molar-refractivity contribution is 5.77. The molecule has 118 valence electrons. The number of nitrogens with zero attached hydrogens (tertiary/aromatic N) is 4. The number of hydrogen-bond acceptors (Lipinski definition) is 7. The summed E-state index contributed by atoms with van der Waals surface area (Å²) >= 11 is 0. The van der Waals surface area contributed by atoms with Gasteiger partial charge in [-0.05, 0) is 24.3 Å². The number of nitro benzene ring substituents is 1. The van der Waals surface area contributed by atoms with Crippen molar-refractivity contribution in [1.29, 1.82) is 0 Å². The summed E-state index contributed by atoms with van der Waals surface area (Å²) in [5.41, 5.74) is 2.28. The minimum absolute atomic E-state index is 0.00837. The van der Waals surface area contributed by atoms with Crippen molar-refractivity contribution in [2.45, 2.75) is 0 Å². The smallest absolute Gasteiger partial charge is 0.320 e. The lowest BCUT2D eigenvalue weighted by molar-refractivity contribution is -0.384. The van der Waals surface area contributed by atoms with E-state index in [9.17, 15) is 10.1 Å². The lowest BCUT2D eigenvalue weighted by Crippen LogP contribution is -1.91. The van der Waals surface area contributed by atoms with E-state index in [0.29, 0.717) is 11.5 Å². The third-order valence-corrected chi connectivity index (χ3v) is 3.35. The van der Waals surface area contributed by atoms with Gasteiger partial charge in [0.05, 0.1) is 16.0 Å². The van der Waals surface area contributed by atoms with Crippen molar-refractivity contribution in [2.75, 3.05) is 5.32 Å². The number of non-ortho nitro benzene ring substituents is 1. The molecule has 2 aromatic carbocycles. The second-order valence-electron chi connectivity index (χ2n) is 4.94. The Morgan fingerprint density at radius 3 is 2.62 bits per heavy atom. The summed E-state index contributed by atoms with van der Waals surface area (Å²) in [5.74, 6) is 0.719. The van der Waals surface area contributed by atoms with E-state index in [0.717, 1.165) is 11.0 Å². The number of fused-ring (bicyclic) bond motifs is 1. The van der Waals surface area contributed by atoms with E-state index in [1.165, 1.54) is 12.1 Å². The maximum atomic E-state index is 10.6. The Kier molecular flexibility index (Phi) is 3.16. The molecule has 0 radical (unpaired) electrons. The standard InChI is InChI=1S/C15H10N6O3/c22-21(23)10-7-5-9(6-8-10)16-15-20-19-14(24-15)13-17-11-3-1-2-4-12(11)18-13/h1-8H,(H,16,20)(H,17,18). The van der Waals surface area contributed by atoms with Crippen molar-refractivity contribution in [3.63, 3.8) is 0 Å². The van der Waals surface area contributed by atoms with Crippen molar-refractivity contribution in [1.82, 2.24) is 20.2 Å². The zero-order chi connectivity index (χ0) is 16.5. The van der Waals surface area contributed by atoms with E-state index in [2.05, 4.69) is 25.5 Å². The summed E-state index contributed by atoms with van der Waals surface area (Å²) in [7, 11) is 0. The fraction of sp³-hybridized carbons (Fsp3) is 0. The first kappa shape index (κ1) is 13.9. The number of anilines is 2. The fourth-order valence-corrected chi connectivity index (χ4v) is 2.21. The molecule has 0 spiro atoms. The summed E-state index contributed by atoms with van der Waals surface area (Å²) in [4.78, 5) is 17.7. The van der Waals surface area contributed by atoms with E-state index >= 15 is 0 Å². The Morgan fingerprint density at radius 1 is 1.08 bits per heavy atom. The topological polar surface area (TPSA) is 123 Å². The van der Waals surface area contributed by atoms with E-state index in [-0.39, 0.29) is 17.6 Å². The van der Waals surface area contributed by atoms with Crippen molar-refractivity contribution in [3.05, 3.63) is 58.6 Å². The molecule has 2 heterocycles. The minimum atomic E-state index is -0.462. The number of imidazole rings is 1. The van der Waals surface area contributed by atoms with E-state index in [1.807, 2.05) is 24.3 Å². The van der Waals surface area contributed by atoms with E-state index in [1.54, 1.807) is 12.1 Å². The molecule has 2 N–H and O–H groups in total. The average Bonchev–Trinajstić information content (AvgIpc) is 3.21. The van der Waals surface area contributed by atoms with Crippen LogP contribution in [-0.2, 0) is 0 Å². The molecule has 0 unspecified atom stereocenters. The number of nitro groups is 1. The number of rotatable bonds is 4. The molecule has 9 nitrogen and oxygen atoms in total. The van der Waals surface area contributed by atoms with Gasteiger partial charge in [0.2, 0.25) is 0 Å². The normalized spacial score (nSPS) is 10.8. The van der Waals surface area contributed by atoms with Gasteiger partial charge in [-0.15, -0.1) is 5.10 Å². The Balaban J connectivity index is 1.57. The molecule has 24 heavy (non-hydrogen) atoms. The summed E-state index contributed by atoms with van der Waals surface area (Å²) in [6.45, 7) is 0. The molecular weight excluding hydrogens is 312 g/mol. The van der Waals surface area contributed by atoms with Crippen LogP contribution in [0.3, 0.4) is 0 Å². The van der Waals surface area contributed by atoms with Crippen LogP contribution in [0, 0.1) is 10.1 Å². The highest BCUT2D eigenvalue weighted by atomic mass is 16.6. The monoisotopic (exact) mass is 322 g/mol. The summed E-state index contributed by atoms with van der Waals surface area (Å²) in [6, 6.07) is 13.6. The Bertz CT molecular complexity index is 988. The third-order valence-electron chi connectivity index (χ3n) is 3.35. The zero-order valence-electron chi connectivity index (χ0n) is 12.1. The van der Waals surface area contributed by atoms with Crippen LogP contribution in [0.1, 0.15) is 0 Å². The molecule has 0 aliphatic carbocycles. The van der Waals surface area contributed by atoms with Gasteiger partial charge in [-0.2, -0.15) is 0 Å². The third kappa shape index (κ3) is 2.54. The molecule has 9 heteroatoms. The molecule has 0 aliphatic rings. The molecular formula is C15H10N6O3. The number of benzene rings is 2. The Morgan fingerprint density at radius 2 is 1.88 bits per heavy atom. The molecule has 0 saturated carbocycles. The largest absolute Gasteiger partial charge is 0.400 e. The highest BCUT2D eigenvalue weighted by Gasteiger charge is 2.13. The van der Waals surface area contributed by atoms with Crippen molar-refractivity contribution in [2.24, 2.45) is 0 Å². The Hall–Kier alpha value is -3.75. The van der Waals surface area contributed by atoms with Gasteiger partial charge in [-0.3, -0.25) is 10.1 Å². The second kappa shape index (κ2) is 5.47. The van der Waals surface area contributed by atoms with Crippen LogP contribution in [0.4, 0.5) is 17.4 Å². The van der Waals surface area contributed by atoms with Crippen LogP contribution in [0.15, 0.2) is 52.9 Å². The molecule has 4 aromatic rings. The highest BCUT2D eigenvalue weighted by Crippen LogP contribution is 2.23. The SMILES string of the molecule is O=[N+]([O-])c1ccc(Nc2nnc(-c3nc4ccccc4[nH]3)o2)cc1. The lowest BCUT2D eigenvalue weighted by atomic mass is 10.3. The maximum absolute atomic E-state index is 10.6. The number of H-pyrrole nitrogens is 1. The molecule has 0 atom stereocenters. The molecule has 0 amide bonds. The van der Waals surface area contributed by atoms with Crippen molar-refractivity contribution >= 4 is 28.4 Å². The van der Waals surface area contributed by atoms with Crippen LogP contribution in [0.2, 0.25) is 0 Å². The number of aromatic nitrogens is 4. The Labute approximate surface area is 134 Å². The maximum Gasteiger partial charge on any atom is 0.320 e. The zero-order valence-corrected chi connectivity index (χ0v) is 12.1. The van der Waals surface area contributed by atoms with Crippen LogP contribution in [0.25, 0.3) is 22.7 Å². The number of nitrogens with one attached hydrogen (secondary N) is 2. The first-order chi connectivity index (χ1) is 11.7. The van der Waals surface area contributed by atoms with Crippen molar-refractivity contribution in [3.8, 4) is 11.7 Å². The van der Waals surface area contributed by atoms with Gasteiger partial charge in [-0.25, -0.2) is 4.98 Å². The average molecular weight is 322 g/mol. The molecule has 0 aliphatic heterocycles. The number of para-hydroxylation sites is 2. The summed E-state index contributed by atoms with van der Waals surface area (Å²) in [5, 5.41) is 21.4. The van der Waals surface area contributed by atoms with Gasteiger partial charge in [0.1, 0.15) is 0 Å². The molecule has 2 aromatic heterocycles. The quantitative estimate of drug-likeness (QED) is 0.436. The van der Waals surface area contributed by atoms with Gasteiger partial charge < -0.3 is 14.7 Å².